The number of rotatable bonds is 1. The van der Waals surface area contributed by atoms with E-state index in [2.05, 4.69) is 0 Å². The number of nitriles is 1. The molecule has 1 unspecified atom stereocenters. The van der Waals surface area contributed by atoms with Gasteiger partial charge >= 0.3 is 0 Å². The van der Waals surface area contributed by atoms with E-state index in [0.717, 1.165) is 12.8 Å². The summed E-state index contributed by atoms with van der Waals surface area (Å²) < 4.78 is 0. The van der Waals surface area contributed by atoms with Crippen molar-refractivity contribution in [3.8, 4) is 6.07 Å². The minimum Gasteiger partial charge on any atom is -0.197 e. The number of alkyl halides is 1. The molecule has 1 aliphatic carbocycles. The van der Waals surface area contributed by atoms with Crippen LogP contribution in [-0.2, 0) is 0 Å². The van der Waals surface area contributed by atoms with Crippen LogP contribution in [0.4, 0.5) is 0 Å². The molecule has 0 aromatic heterocycles. The topological polar surface area (TPSA) is 23.8 Å². The van der Waals surface area contributed by atoms with Crippen LogP contribution in [0.25, 0.3) is 0 Å². The zero-order chi connectivity index (χ0) is 5.28. The molecule has 0 saturated heterocycles. The molecule has 0 N–H and O–H groups in total. The number of halogens is 1. The fourth-order valence-electron chi connectivity index (χ4n) is 0.494. The molecule has 0 spiro atoms. The summed E-state index contributed by atoms with van der Waals surface area (Å²) in [7, 11) is 0. The first-order valence-corrected chi connectivity index (χ1v) is 2.82. The van der Waals surface area contributed by atoms with E-state index in [-0.39, 0.29) is 5.38 Å². The summed E-state index contributed by atoms with van der Waals surface area (Å²) in [6.45, 7) is 0. The lowest BCUT2D eigenvalue weighted by molar-refractivity contribution is 0.881. The highest BCUT2D eigenvalue weighted by atomic mass is 35.5. The van der Waals surface area contributed by atoms with E-state index in [1.807, 2.05) is 6.07 Å². The number of hydrogen-bond acceptors (Lipinski definition) is 1. The second-order valence-corrected chi connectivity index (χ2v) is 2.34. The fraction of sp³-hybridized carbons (Fsp3) is 0.800. The number of nitrogens with zero attached hydrogens (tertiary/aromatic N) is 1. The van der Waals surface area contributed by atoms with Crippen LogP contribution in [0.15, 0.2) is 0 Å². The third-order valence-corrected chi connectivity index (χ3v) is 1.61. The van der Waals surface area contributed by atoms with Crippen molar-refractivity contribution in [2.45, 2.75) is 18.2 Å². The fourth-order valence-corrected chi connectivity index (χ4v) is 0.746. The predicted octanol–water partition coefficient (Wildman–Crippen LogP) is 1.53. The molecule has 0 radical (unpaired) electrons. The van der Waals surface area contributed by atoms with Gasteiger partial charge in [0.15, 0.2) is 0 Å². The molecule has 1 aliphatic rings. The molecule has 1 fully saturated rings. The predicted molar refractivity (Wildman–Crippen MR) is 28.0 cm³/mol. The molecule has 0 heterocycles. The van der Waals surface area contributed by atoms with Gasteiger partial charge in [-0.15, -0.1) is 11.6 Å². The lowest BCUT2D eigenvalue weighted by Crippen LogP contribution is -1.93. The first kappa shape index (κ1) is 4.93. The van der Waals surface area contributed by atoms with Crippen LogP contribution in [0.2, 0.25) is 0 Å². The second kappa shape index (κ2) is 1.71. The Bertz CT molecular complexity index is 101. The van der Waals surface area contributed by atoms with E-state index >= 15 is 0 Å². The minimum atomic E-state index is -0.208. The molecule has 1 atom stereocenters. The maximum atomic E-state index is 8.16. The molecule has 2 heteroatoms. The SMILES string of the molecule is N#CC(Cl)C1CC1. The van der Waals surface area contributed by atoms with Crippen molar-refractivity contribution in [1.82, 2.24) is 0 Å². The summed E-state index contributed by atoms with van der Waals surface area (Å²) in [5.41, 5.74) is 0. The Morgan fingerprint density at radius 3 is 2.43 bits per heavy atom. The summed E-state index contributed by atoms with van der Waals surface area (Å²) >= 11 is 5.50. The van der Waals surface area contributed by atoms with Gasteiger partial charge < -0.3 is 0 Å². The van der Waals surface area contributed by atoms with Crippen LogP contribution in [0.3, 0.4) is 0 Å². The highest BCUT2D eigenvalue weighted by Crippen LogP contribution is 2.34. The first-order valence-electron chi connectivity index (χ1n) is 2.38. The molecule has 1 nitrogen and oxygen atoms in total. The van der Waals surface area contributed by atoms with Crippen molar-refractivity contribution in [3.63, 3.8) is 0 Å². The Morgan fingerprint density at radius 1 is 1.71 bits per heavy atom. The zero-order valence-electron chi connectivity index (χ0n) is 3.89. The molecule has 1 saturated carbocycles. The maximum absolute atomic E-state index is 8.16. The zero-order valence-corrected chi connectivity index (χ0v) is 4.65. The highest BCUT2D eigenvalue weighted by molar-refractivity contribution is 6.22. The molecule has 0 bridgehead atoms. The van der Waals surface area contributed by atoms with Crippen LogP contribution in [0.5, 0.6) is 0 Å². The van der Waals surface area contributed by atoms with Crippen molar-refractivity contribution in [2.24, 2.45) is 5.92 Å². The van der Waals surface area contributed by atoms with Crippen molar-refractivity contribution in [2.75, 3.05) is 0 Å². The van der Waals surface area contributed by atoms with Gasteiger partial charge in [-0.25, -0.2) is 0 Å². The summed E-state index contributed by atoms with van der Waals surface area (Å²) in [4.78, 5) is 0. The van der Waals surface area contributed by atoms with Gasteiger partial charge in [-0.1, -0.05) is 0 Å². The third kappa shape index (κ3) is 1.07. The summed E-state index contributed by atoms with van der Waals surface area (Å²) in [5.74, 6) is 0.520. The molecule has 0 aromatic rings. The Balaban J connectivity index is 2.27. The molecule has 38 valence electrons. The van der Waals surface area contributed by atoms with Gasteiger partial charge in [0.2, 0.25) is 0 Å². The lowest BCUT2D eigenvalue weighted by Gasteiger charge is -1.87. The standard InChI is InChI=1S/C5H6ClN/c6-5(3-7)4-1-2-4/h4-5H,1-2H2. The molecule has 1 rings (SSSR count). The van der Waals surface area contributed by atoms with Crippen LogP contribution in [0, 0.1) is 17.2 Å². The quantitative estimate of drug-likeness (QED) is 0.476. The van der Waals surface area contributed by atoms with Crippen molar-refractivity contribution >= 4 is 11.6 Å². The Morgan fingerprint density at radius 2 is 2.29 bits per heavy atom. The van der Waals surface area contributed by atoms with Crippen molar-refractivity contribution in [3.05, 3.63) is 0 Å². The molecule has 0 aromatic carbocycles. The number of hydrogen-bond donors (Lipinski definition) is 0. The molecule has 0 aliphatic heterocycles. The van der Waals surface area contributed by atoms with E-state index in [4.69, 9.17) is 16.9 Å². The van der Waals surface area contributed by atoms with Crippen LogP contribution in [-0.4, -0.2) is 5.38 Å². The van der Waals surface area contributed by atoms with E-state index in [9.17, 15) is 0 Å². The molecule has 0 amide bonds. The summed E-state index contributed by atoms with van der Waals surface area (Å²) in [5, 5.41) is 7.95. The van der Waals surface area contributed by atoms with Gasteiger partial charge in [0.1, 0.15) is 5.38 Å². The van der Waals surface area contributed by atoms with Gasteiger partial charge in [0.05, 0.1) is 6.07 Å². The largest absolute Gasteiger partial charge is 0.197 e. The van der Waals surface area contributed by atoms with E-state index in [0.29, 0.717) is 5.92 Å². The minimum absolute atomic E-state index is 0.208. The maximum Gasteiger partial charge on any atom is 0.123 e. The van der Waals surface area contributed by atoms with Gasteiger partial charge in [-0.2, -0.15) is 5.26 Å². The van der Waals surface area contributed by atoms with Crippen molar-refractivity contribution < 1.29 is 0 Å². The molecular formula is C5H6ClN. The van der Waals surface area contributed by atoms with E-state index in [1.54, 1.807) is 0 Å². The Hall–Kier alpha value is -0.220. The second-order valence-electron chi connectivity index (χ2n) is 1.87. The molecule has 7 heavy (non-hydrogen) atoms. The van der Waals surface area contributed by atoms with E-state index in [1.165, 1.54) is 0 Å². The highest BCUT2D eigenvalue weighted by Gasteiger charge is 2.29. The average molecular weight is 116 g/mol. The van der Waals surface area contributed by atoms with E-state index < -0.39 is 0 Å². The summed E-state index contributed by atoms with van der Waals surface area (Å²) in [6.07, 6.45) is 2.31. The Labute approximate surface area is 47.9 Å². The first-order chi connectivity index (χ1) is 3.34. The van der Waals surface area contributed by atoms with Gasteiger partial charge in [0.25, 0.3) is 0 Å². The van der Waals surface area contributed by atoms with Gasteiger partial charge in [0, 0.05) is 0 Å². The molecular weight excluding hydrogens is 110 g/mol. The van der Waals surface area contributed by atoms with Crippen LogP contribution in [0.1, 0.15) is 12.8 Å². The van der Waals surface area contributed by atoms with Crippen LogP contribution >= 0.6 is 11.6 Å². The third-order valence-electron chi connectivity index (χ3n) is 1.16. The normalized spacial score (nSPS) is 23.4. The Kier molecular flexibility index (Phi) is 1.21. The summed E-state index contributed by atoms with van der Waals surface area (Å²) in [6, 6.07) is 1.99. The average Bonchev–Trinajstić information content (AvgIpc) is 2.44. The smallest absolute Gasteiger partial charge is 0.123 e. The monoisotopic (exact) mass is 115 g/mol. The lowest BCUT2D eigenvalue weighted by atomic mass is 10.3. The van der Waals surface area contributed by atoms with Crippen molar-refractivity contribution in [1.29, 1.82) is 5.26 Å². The van der Waals surface area contributed by atoms with Gasteiger partial charge in [-0.3, -0.25) is 0 Å². The van der Waals surface area contributed by atoms with Crippen LogP contribution < -0.4 is 0 Å². The van der Waals surface area contributed by atoms with Gasteiger partial charge in [-0.05, 0) is 18.8 Å².